The monoisotopic (exact) mass is 430 g/mol. The lowest BCUT2D eigenvalue weighted by Gasteiger charge is -2.12. The summed E-state index contributed by atoms with van der Waals surface area (Å²) in [5, 5.41) is -1.13. The number of rotatable bonds is 4. The average molecular weight is 432 g/mol. The lowest BCUT2D eigenvalue weighted by atomic mass is 10.1. The van der Waals surface area contributed by atoms with Gasteiger partial charge in [-0.25, -0.2) is 8.42 Å². The van der Waals surface area contributed by atoms with Crippen molar-refractivity contribution in [2.75, 3.05) is 0 Å². The number of sulfone groups is 1. The number of Topliss-reactive ketones (excluding diaryl/α,β-unsaturated/α-hetero) is 1. The average Bonchev–Trinajstić information content (AvgIpc) is 2.46. The van der Waals surface area contributed by atoms with Crippen molar-refractivity contribution < 1.29 is 13.2 Å². The summed E-state index contributed by atoms with van der Waals surface area (Å²) in [6, 6.07) is 13.0. The molecule has 1 atom stereocenters. The molecule has 6 heteroatoms. The zero-order valence-corrected chi connectivity index (χ0v) is 15.1. The van der Waals surface area contributed by atoms with Gasteiger partial charge in [0.25, 0.3) is 0 Å². The summed E-state index contributed by atoms with van der Waals surface area (Å²) in [5.41, 5.74) is 0.379. The molecule has 3 nitrogen and oxygen atoms in total. The van der Waals surface area contributed by atoms with Crippen LogP contribution in [0.2, 0.25) is 0 Å². The van der Waals surface area contributed by atoms with E-state index in [0.717, 1.165) is 4.47 Å². The molecule has 2 aromatic rings. The van der Waals surface area contributed by atoms with Crippen LogP contribution in [0.4, 0.5) is 0 Å². The first kappa shape index (κ1) is 16.4. The summed E-state index contributed by atoms with van der Waals surface area (Å²) >= 11 is 6.52. The normalized spacial score (nSPS) is 12.9. The number of halogens is 2. The largest absolute Gasteiger partial charge is 0.293 e. The zero-order chi connectivity index (χ0) is 15.6. The second-order valence-corrected chi connectivity index (χ2v) is 8.62. The first-order chi connectivity index (χ1) is 9.82. The molecule has 0 aliphatic carbocycles. The van der Waals surface area contributed by atoms with Gasteiger partial charge >= 0.3 is 0 Å². The van der Waals surface area contributed by atoms with Crippen molar-refractivity contribution in [3.63, 3.8) is 0 Å². The number of hydrogen-bond acceptors (Lipinski definition) is 3. The van der Waals surface area contributed by atoms with E-state index in [1.807, 2.05) is 0 Å². The van der Waals surface area contributed by atoms with Crippen LogP contribution in [0.3, 0.4) is 0 Å². The second-order valence-electron chi connectivity index (χ2n) is 4.52. The van der Waals surface area contributed by atoms with E-state index >= 15 is 0 Å². The highest BCUT2D eigenvalue weighted by molar-refractivity contribution is 9.10. The highest BCUT2D eigenvalue weighted by atomic mass is 79.9. The van der Waals surface area contributed by atoms with Gasteiger partial charge in [-0.15, -0.1) is 0 Å². The van der Waals surface area contributed by atoms with Crippen molar-refractivity contribution in [2.45, 2.75) is 17.1 Å². The van der Waals surface area contributed by atoms with E-state index in [0.29, 0.717) is 10.0 Å². The zero-order valence-electron chi connectivity index (χ0n) is 11.1. The van der Waals surface area contributed by atoms with Crippen molar-refractivity contribution in [2.24, 2.45) is 0 Å². The molecule has 0 radical (unpaired) electrons. The molecule has 0 spiro atoms. The number of hydrogen-bond donors (Lipinski definition) is 0. The minimum atomic E-state index is -3.71. The van der Waals surface area contributed by atoms with Gasteiger partial charge in [-0.05, 0) is 37.3 Å². The summed E-state index contributed by atoms with van der Waals surface area (Å²) in [4.78, 5) is 12.5. The molecule has 0 N–H and O–H groups in total. The molecule has 0 saturated heterocycles. The standard InChI is InChI=1S/C15H12Br2O3S/c1-10(15(18)11-5-7-12(16)8-6-11)21(19,20)14-4-2-3-13(17)9-14/h2-10H,1H3. The molecule has 21 heavy (non-hydrogen) atoms. The molecule has 0 aliphatic rings. The lowest BCUT2D eigenvalue weighted by molar-refractivity contribution is 0.0991. The fraction of sp³-hybridized carbons (Fsp3) is 0.133. The Kier molecular flexibility index (Phi) is 5.01. The predicted molar refractivity (Wildman–Crippen MR) is 89.3 cm³/mol. The van der Waals surface area contributed by atoms with Gasteiger partial charge in [0.05, 0.1) is 4.90 Å². The molecular weight excluding hydrogens is 420 g/mol. The van der Waals surface area contributed by atoms with Crippen LogP contribution in [0, 0.1) is 0 Å². The van der Waals surface area contributed by atoms with E-state index in [4.69, 9.17) is 0 Å². The van der Waals surface area contributed by atoms with Gasteiger partial charge in [0.1, 0.15) is 5.25 Å². The van der Waals surface area contributed by atoms with E-state index in [-0.39, 0.29) is 4.90 Å². The van der Waals surface area contributed by atoms with Crippen LogP contribution in [0.25, 0.3) is 0 Å². The summed E-state index contributed by atoms with van der Waals surface area (Å²) in [7, 11) is -3.71. The fourth-order valence-corrected chi connectivity index (χ4v) is 4.04. The molecule has 1 unspecified atom stereocenters. The maximum Gasteiger partial charge on any atom is 0.188 e. The van der Waals surface area contributed by atoms with E-state index in [1.165, 1.54) is 19.1 Å². The van der Waals surface area contributed by atoms with Gasteiger partial charge in [-0.2, -0.15) is 0 Å². The SMILES string of the molecule is CC(C(=O)c1ccc(Br)cc1)S(=O)(=O)c1cccc(Br)c1. The van der Waals surface area contributed by atoms with Crippen LogP contribution in [0.15, 0.2) is 62.4 Å². The Bertz CT molecular complexity index is 768. The van der Waals surface area contributed by atoms with E-state index < -0.39 is 20.9 Å². The summed E-state index contributed by atoms with van der Waals surface area (Å²) in [6.07, 6.45) is 0. The third-order valence-corrected chi connectivity index (χ3v) is 6.17. The maximum atomic E-state index is 12.5. The lowest BCUT2D eigenvalue weighted by Crippen LogP contribution is -2.27. The summed E-state index contributed by atoms with van der Waals surface area (Å²) in [5.74, 6) is -0.414. The van der Waals surface area contributed by atoms with Gasteiger partial charge in [0.15, 0.2) is 15.6 Å². The van der Waals surface area contributed by atoms with Crippen molar-refractivity contribution in [3.05, 3.63) is 63.0 Å². The Morgan fingerprint density at radius 1 is 1.00 bits per heavy atom. The Hall–Kier alpha value is -0.980. The maximum absolute atomic E-state index is 12.5. The first-order valence-corrected chi connectivity index (χ1v) is 9.25. The molecule has 0 fully saturated rings. The number of carbonyl (C=O) groups is 1. The van der Waals surface area contributed by atoms with Crippen LogP contribution in [-0.4, -0.2) is 19.5 Å². The Balaban J connectivity index is 2.36. The molecule has 0 saturated carbocycles. The quantitative estimate of drug-likeness (QED) is 0.679. The van der Waals surface area contributed by atoms with Crippen molar-refractivity contribution >= 4 is 47.5 Å². The minimum Gasteiger partial charge on any atom is -0.293 e. The molecule has 0 aromatic heterocycles. The summed E-state index contributed by atoms with van der Waals surface area (Å²) < 4.78 is 26.5. The van der Waals surface area contributed by atoms with Crippen molar-refractivity contribution in [1.29, 1.82) is 0 Å². The molecule has 2 rings (SSSR count). The van der Waals surface area contributed by atoms with Gasteiger partial charge in [0.2, 0.25) is 0 Å². The van der Waals surface area contributed by atoms with Crippen LogP contribution in [0.5, 0.6) is 0 Å². The van der Waals surface area contributed by atoms with Gasteiger partial charge in [0, 0.05) is 14.5 Å². The third-order valence-electron chi connectivity index (χ3n) is 3.09. The molecule has 0 bridgehead atoms. The van der Waals surface area contributed by atoms with E-state index in [2.05, 4.69) is 31.9 Å². The molecule has 0 heterocycles. The highest BCUT2D eigenvalue weighted by Gasteiger charge is 2.30. The molecule has 0 aliphatic heterocycles. The predicted octanol–water partition coefficient (Wildman–Crippen LogP) is 4.26. The fourth-order valence-electron chi connectivity index (χ4n) is 1.84. The minimum absolute atomic E-state index is 0.134. The van der Waals surface area contributed by atoms with Gasteiger partial charge < -0.3 is 0 Å². The summed E-state index contributed by atoms with van der Waals surface area (Å²) in [6.45, 7) is 1.42. The molecule has 2 aromatic carbocycles. The van der Waals surface area contributed by atoms with Crippen molar-refractivity contribution in [3.8, 4) is 0 Å². The first-order valence-electron chi connectivity index (χ1n) is 6.11. The van der Waals surface area contributed by atoms with Crippen LogP contribution >= 0.6 is 31.9 Å². The van der Waals surface area contributed by atoms with Gasteiger partial charge in [-0.3, -0.25) is 4.79 Å². The number of benzene rings is 2. The molecule has 0 amide bonds. The van der Waals surface area contributed by atoms with Crippen LogP contribution < -0.4 is 0 Å². The second kappa shape index (κ2) is 6.42. The number of ketones is 1. The topological polar surface area (TPSA) is 51.2 Å². The molecular formula is C15H12Br2O3S. The van der Waals surface area contributed by atoms with E-state index in [9.17, 15) is 13.2 Å². The van der Waals surface area contributed by atoms with E-state index in [1.54, 1.807) is 36.4 Å². The van der Waals surface area contributed by atoms with Crippen molar-refractivity contribution in [1.82, 2.24) is 0 Å². The Morgan fingerprint density at radius 2 is 1.62 bits per heavy atom. The van der Waals surface area contributed by atoms with Gasteiger partial charge in [-0.1, -0.05) is 50.1 Å². The highest BCUT2D eigenvalue weighted by Crippen LogP contribution is 2.23. The third kappa shape index (κ3) is 3.62. The van der Waals surface area contributed by atoms with Crippen LogP contribution in [-0.2, 0) is 9.84 Å². The Morgan fingerprint density at radius 3 is 2.19 bits per heavy atom. The Labute approximate surface area is 140 Å². The molecule has 110 valence electrons. The van der Waals surface area contributed by atoms with Crippen LogP contribution in [0.1, 0.15) is 17.3 Å². The number of carbonyl (C=O) groups excluding carboxylic acids is 1. The smallest absolute Gasteiger partial charge is 0.188 e.